The molecule has 0 unspecified atom stereocenters. The molecule has 1 amide bonds. The average Bonchev–Trinajstić information content (AvgIpc) is 3.01. The van der Waals surface area contributed by atoms with Gasteiger partial charge in [0.05, 0.1) is 9.54 Å². The molecule has 0 saturated carbocycles. The van der Waals surface area contributed by atoms with E-state index in [0.717, 1.165) is 28.7 Å². The van der Waals surface area contributed by atoms with Crippen molar-refractivity contribution in [1.29, 1.82) is 0 Å². The van der Waals surface area contributed by atoms with Crippen molar-refractivity contribution < 1.29 is 13.2 Å². The topological polar surface area (TPSA) is 63.2 Å². The number of fused-ring (bicyclic) bond motifs is 1. The molecule has 0 bridgehead atoms. The Hall–Kier alpha value is -1.18. The number of carbonyl (C=O) groups excluding carboxylic acids is 1. The van der Waals surface area contributed by atoms with E-state index in [-0.39, 0.29) is 18.1 Å². The molecule has 0 fully saturated rings. The van der Waals surface area contributed by atoms with Gasteiger partial charge in [-0.15, -0.1) is 11.3 Å². The molecule has 24 heavy (non-hydrogen) atoms. The van der Waals surface area contributed by atoms with Gasteiger partial charge in [-0.25, -0.2) is 8.42 Å². The Morgan fingerprint density at radius 1 is 1.17 bits per heavy atom. The van der Waals surface area contributed by atoms with Gasteiger partial charge in [-0.2, -0.15) is 0 Å². The highest BCUT2D eigenvalue weighted by molar-refractivity contribution is 9.11. The number of rotatable bonds is 5. The summed E-state index contributed by atoms with van der Waals surface area (Å²) in [5.41, 5.74) is 3.31. The average molecular weight is 428 g/mol. The molecular formula is C17H18BrNO3S2. The fourth-order valence-electron chi connectivity index (χ4n) is 2.90. The number of hydrogen-bond donors (Lipinski definition) is 1. The molecule has 1 heterocycles. The first-order valence-corrected chi connectivity index (χ1v) is 11.1. The second-order valence-corrected chi connectivity index (χ2v) is 10.6. The van der Waals surface area contributed by atoms with Crippen molar-refractivity contribution in [2.45, 2.75) is 36.3 Å². The van der Waals surface area contributed by atoms with Crippen molar-refractivity contribution >= 4 is 48.7 Å². The fraction of sp³-hybridized carbons (Fsp3) is 0.353. The first kappa shape index (κ1) is 17.6. The van der Waals surface area contributed by atoms with Gasteiger partial charge in [-0.3, -0.25) is 4.79 Å². The summed E-state index contributed by atoms with van der Waals surface area (Å²) in [6.07, 6.45) is 4.27. The number of carbonyl (C=O) groups is 1. The Morgan fingerprint density at radius 3 is 2.71 bits per heavy atom. The number of amides is 1. The van der Waals surface area contributed by atoms with Gasteiger partial charge in [-0.05, 0) is 70.9 Å². The molecule has 2 aromatic rings. The lowest BCUT2D eigenvalue weighted by Gasteiger charge is -2.19. The number of nitrogens with one attached hydrogen (secondary N) is 1. The van der Waals surface area contributed by atoms with Crippen LogP contribution in [0, 0.1) is 0 Å². The Bertz CT molecular complexity index is 858. The number of anilines is 1. The van der Waals surface area contributed by atoms with Crippen LogP contribution in [-0.4, -0.2) is 20.1 Å². The molecule has 0 radical (unpaired) electrons. The number of sulfone groups is 1. The summed E-state index contributed by atoms with van der Waals surface area (Å²) in [5, 5.41) is 2.89. The van der Waals surface area contributed by atoms with Gasteiger partial charge in [0.15, 0.2) is 9.84 Å². The third-order valence-corrected chi connectivity index (χ3v) is 8.04. The zero-order chi connectivity index (χ0) is 17.2. The lowest BCUT2D eigenvalue weighted by Crippen LogP contribution is -2.18. The monoisotopic (exact) mass is 427 g/mol. The van der Waals surface area contributed by atoms with Crippen molar-refractivity contribution in [1.82, 2.24) is 0 Å². The Balaban J connectivity index is 1.64. The van der Waals surface area contributed by atoms with Crippen LogP contribution in [0.2, 0.25) is 0 Å². The maximum atomic E-state index is 12.2. The van der Waals surface area contributed by atoms with Gasteiger partial charge in [0, 0.05) is 12.1 Å². The molecule has 0 aliphatic heterocycles. The van der Waals surface area contributed by atoms with Crippen molar-refractivity contribution in [2.75, 3.05) is 11.1 Å². The van der Waals surface area contributed by atoms with E-state index in [2.05, 4.69) is 27.3 Å². The molecule has 1 aliphatic rings. The third kappa shape index (κ3) is 4.07. The first-order valence-electron chi connectivity index (χ1n) is 7.84. The van der Waals surface area contributed by atoms with Crippen molar-refractivity contribution in [2.24, 2.45) is 0 Å². The molecule has 4 nitrogen and oxygen atoms in total. The smallest absolute Gasteiger partial charge is 0.225 e. The molecular weight excluding hydrogens is 410 g/mol. The van der Waals surface area contributed by atoms with Crippen molar-refractivity contribution in [3.8, 4) is 0 Å². The Labute approximate surface area is 154 Å². The number of halogens is 1. The van der Waals surface area contributed by atoms with Crippen LogP contribution in [0.5, 0.6) is 0 Å². The number of aryl methyl sites for hydroxylation is 1. The minimum atomic E-state index is -3.42. The summed E-state index contributed by atoms with van der Waals surface area (Å²) in [6, 6.07) is 9.21. The lowest BCUT2D eigenvalue weighted by atomic mass is 9.90. The molecule has 128 valence electrons. The molecule has 3 rings (SSSR count). The predicted molar refractivity (Wildman–Crippen MR) is 100 cm³/mol. The van der Waals surface area contributed by atoms with Gasteiger partial charge in [0.1, 0.15) is 4.21 Å². The molecule has 0 saturated heterocycles. The van der Waals surface area contributed by atoms with Crippen molar-refractivity contribution in [3.05, 3.63) is 45.2 Å². The third-order valence-electron chi connectivity index (χ3n) is 4.12. The highest BCUT2D eigenvalue weighted by Gasteiger charge is 2.20. The molecule has 0 spiro atoms. The minimum Gasteiger partial charge on any atom is -0.326 e. The van der Waals surface area contributed by atoms with Crippen molar-refractivity contribution in [3.63, 3.8) is 0 Å². The molecule has 1 aromatic carbocycles. The van der Waals surface area contributed by atoms with Crippen LogP contribution < -0.4 is 5.32 Å². The molecule has 0 atom stereocenters. The van der Waals surface area contributed by atoms with Gasteiger partial charge >= 0.3 is 0 Å². The number of thiophene rings is 1. The van der Waals surface area contributed by atoms with E-state index in [1.807, 2.05) is 12.1 Å². The highest BCUT2D eigenvalue weighted by Crippen LogP contribution is 2.29. The normalized spacial score (nSPS) is 14.2. The Kier molecular flexibility index (Phi) is 5.42. The van der Waals surface area contributed by atoms with Crippen LogP contribution in [0.3, 0.4) is 0 Å². The van der Waals surface area contributed by atoms with Crippen LogP contribution in [-0.2, 0) is 27.5 Å². The summed E-state index contributed by atoms with van der Waals surface area (Å²) in [7, 11) is -3.42. The summed E-state index contributed by atoms with van der Waals surface area (Å²) >= 11 is 4.42. The van der Waals surface area contributed by atoms with Gasteiger partial charge in [0.2, 0.25) is 5.91 Å². The lowest BCUT2D eigenvalue weighted by molar-refractivity contribution is -0.115. The van der Waals surface area contributed by atoms with Crippen LogP contribution in [0.25, 0.3) is 0 Å². The largest absolute Gasteiger partial charge is 0.326 e. The minimum absolute atomic E-state index is 0.0402. The van der Waals surface area contributed by atoms with Crippen LogP contribution in [0.4, 0.5) is 5.69 Å². The van der Waals surface area contributed by atoms with E-state index in [0.29, 0.717) is 4.21 Å². The number of benzene rings is 1. The maximum absolute atomic E-state index is 12.2. The van der Waals surface area contributed by atoms with Gasteiger partial charge in [0.25, 0.3) is 0 Å². The van der Waals surface area contributed by atoms with E-state index < -0.39 is 9.84 Å². The van der Waals surface area contributed by atoms with E-state index in [1.54, 1.807) is 12.1 Å². The second kappa shape index (κ2) is 7.37. The van der Waals surface area contributed by atoms with Crippen LogP contribution in [0.1, 0.15) is 30.4 Å². The van der Waals surface area contributed by atoms with Crippen LogP contribution in [0.15, 0.2) is 38.3 Å². The first-order chi connectivity index (χ1) is 11.5. The van der Waals surface area contributed by atoms with Crippen LogP contribution >= 0.6 is 27.3 Å². The quantitative estimate of drug-likeness (QED) is 0.777. The molecule has 1 N–H and O–H groups in total. The molecule has 7 heteroatoms. The molecule has 1 aromatic heterocycles. The Morgan fingerprint density at radius 2 is 1.96 bits per heavy atom. The summed E-state index contributed by atoms with van der Waals surface area (Å²) in [4.78, 5) is 12.2. The summed E-state index contributed by atoms with van der Waals surface area (Å²) < 4.78 is 25.5. The van der Waals surface area contributed by atoms with E-state index in [1.165, 1.54) is 28.9 Å². The summed E-state index contributed by atoms with van der Waals surface area (Å²) in [5.74, 6) is -0.436. The van der Waals surface area contributed by atoms with E-state index in [4.69, 9.17) is 0 Å². The standard InChI is InChI=1S/C17H18BrNO3S2/c18-15-8-9-17(23-15)24(21,22)11-10-16(20)19-14-7-3-5-12-4-1-2-6-13(12)14/h3,5,7-9H,1-2,4,6,10-11H2,(H,19,20). The predicted octanol–water partition coefficient (Wildman–Crippen LogP) is 4.19. The number of hydrogen-bond acceptors (Lipinski definition) is 4. The second-order valence-electron chi connectivity index (χ2n) is 5.83. The zero-order valence-electron chi connectivity index (χ0n) is 13.0. The van der Waals surface area contributed by atoms with E-state index in [9.17, 15) is 13.2 Å². The van der Waals surface area contributed by atoms with Gasteiger partial charge in [-0.1, -0.05) is 12.1 Å². The SMILES string of the molecule is O=C(CCS(=O)(=O)c1ccc(Br)s1)Nc1cccc2c1CCCC2. The van der Waals surface area contributed by atoms with E-state index >= 15 is 0 Å². The maximum Gasteiger partial charge on any atom is 0.225 e. The highest BCUT2D eigenvalue weighted by atomic mass is 79.9. The zero-order valence-corrected chi connectivity index (χ0v) is 16.3. The fourth-order valence-corrected chi connectivity index (χ4v) is 6.30. The molecule has 1 aliphatic carbocycles. The van der Waals surface area contributed by atoms with Gasteiger partial charge < -0.3 is 5.32 Å². The summed E-state index contributed by atoms with van der Waals surface area (Å²) in [6.45, 7) is 0.